The quantitative estimate of drug-likeness (QED) is 0.454. The lowest BCUT2D eigenvalue weighted by molar-refractivity contribution is -0.605. The normalized spacial score (nSPS) is 10.3. The number of hydrogen-bond donors (Lipinski definition) is 1. The molecule has 0 spiro atoms. The van der Waals surface area contributed by atoms with Crippen molar-refractivity contribution < 1.29 is 19.1 Å². The Hall–Kier alpha value is -3.41. The summed E-state index contributed by atoms with van der Waals surface area (Å²) in [6.45, 7) is -0.408. The first kappa shape index (κ1) is 15.5. The van der Waals surface area contributed by atoms with Crippen LogP contribution in [-0.4, -0.2) is 18.5 Å². The van der Waals surface area contributed by atoms with Gasteiger partial charge in [-0.3, -0.25) is 4.79 Å². The molecular formula is C18H14N2O4. The van der Waals surface area contributed by atoms with E-state index in [2.05, 4.69) is 5.32 Å². The van der Waals surface area contributed by atoms with Crippen LogP contribution in [0, 0.1) is 5.21 Å². The van der Waals surface area contributed by atoms with E-state index in [9.17, 15) is 14.8 Å². The van der Waals surface area contributed by atoms with Gasteiger partial charge in [-0.25, -0.2) is 4.79 Å². The molecule has 0 saturated heterocycles. The Balaban J connectivity index is 1.63. The first-order valence-corrected chi connectivity index (χ1v) is 7.27. The Morgan fingerprint density at radius 3 is 2.50 bits per heavy atom. The summed E-state index contributed by atoms with van der Waals surface area (Å²) in [4.78, 5) is 23.8. The van der Waals surface area contributed by atoms with Crippen LogP contribution in [0.5, 0.6) is 0 Å². The summed E-state index contributed by atoms with van der Waals surface area (Å²) in [6.07, 6.45) is 2.37. The number of pyridine rings is 1. The minimum absolute atomic E-state index is 0.208. The molecule has 0 fully saturated rings. The second-order valence-corrected chi connectivity index (χ2v) is 5.10. The molecule has 0 bridgehead atoms. The predicted molar refractivity (Wildman–Crippen MR) is 88.3 cm³/mol. The van der Waals surface area contributed by atoms with Crippen molar-refractivity contribution in [1.29, 1.82) is 0 Å². The molecule has 0 atom stereocenters. The number of amides is 1. The molecule has 0 saturated carbocycles. The molecule has 1 heterocycles. The second kappa shape index (κ2) is 6.78. The zero-order valence-electron chi connectivity index (χ0n) is 12.6. The van der Waals surface area contributed by atoms with Gasteiger partial charge < -0.3 is 15.3 Å². The van der Waals surface area contributed by atoms with Crippen molar-refractivity contribution in [3.05, 3.63) is 77.8 Å². The maximum absolute atomic E-state index is 12.0. The standard InChI is InChI=1S/C18H14N2O4/c21-17(12-24-18(22)14-8-10-20(23)11-9-14)19-16-7-3-5-13-4-1-2-6-15(13)16/h1-11H,12H2,(H,19,21). The SMILES string of the molecule is O=C(COC(=O)c1cc[n+]([O-])cc1)Nc1cccc2ccccc12. The third kappa shape index (κ3) is 3.49. The summed E-state index contributed by atoms with van der Waals surface area (Å²) in [7, 11) is 0. The highest BCUT2D eigenvalue weighted by Crippen LogP contribution is 2.22. The van der Waals surface area contributed by atoms with E-state index in [0.29, 0.717) is 10.4 Å². The van der Waals surface area contributed by atoms with Crippen molar-refractivity contribution >= 4 is 28.3 Å². The molecule has 2 aromatic carbocycles. The van der Waals surface area contributed by atoms with Crippen molar-refractivity contribution in [3.8, 4) is 0 Å². The molecule has 0 unspecified atom stereocenters. The summed E-state index contributed by atoms with van der Waals surface area (Å²) >= 11 is 0. The van der Waals surface area contributed by atoms with Gasteiger partial charge in [-0.2, -0.15) is 4.73 Å². The van der Waals surface area contributed by atoms with E-state index >= 15 is 0 Å². The number of esters is 1. The minimum atomic E-state index is -0.663. The topological polar surface area (TPSA) is 82.3 Å². The molecule has 1 amide bonds. The van der Waals surface area contributed by atoms with Gasteiger partial charge in [-0.15, -0.1) is 0 Å². The maximum atomic E-state index is 12.0. The summed E-state index contributed by atoms with van der Waals surface area (Å²) in [5, 5.41) is 15.6. The molecule has 3 aromatic rings. The van der Waals surface area contributed by atoms with Gasteiger partial charge in [0.2, 0.25) is 0 Å². The molecule has 1 aromatic heterocycles. The molecule has 24 heavy (non-hydrogen) atoms. The number of hydrogen-bond acceptors (Lipinski definition) is 4. The Kier molecular flexibility index (Phi) is 4.38. The van der Waals surface area contributed by atoms with Gasteiger partial charge in [0.1, 0.15) is 0 Å². The molecule has 0 aliphatic rings. The summed E-state index contributed by atoms with van der Waals surface area (Å²) in [6, 6.07) is 15.9. The van der Waals surface area contributed by atoms with Crippen LogP contribution >= 0.6 is 0 Å². The third-order valence-corrected chi connectivity index (χ3v) is 3.44. The third-order valence-electron chi connectivity index (χ3n) is 3.44. The van der Waals surface area contributed by atoms with Crippen molar-refractivity contribution in [2.45, 2.75) is 0 Å². The summed E-state index contributed by atoms with van der Waals surface area (Å²) < 4.78 is 5.51. The van der Waals surface area contributed by atoms with E-state index in [0.717, 1.165) is 10.8 Å². The van der Waals surface area contributed by atoms with Crippen LogP contribution in [0.2, 0.25) is 0 Å². The van der Waals surface area contributed by atoms with Crippen LogP contribution in [0.25, 0.3) is 10.8 Å². The van der Waals surface area contributed by atoms with E-state index in [4.69, 9.17) is 4.74 Å². The van der Waals surface area contributed by atoms with Crippen molar-refractivity contribution in [2.75, 3.05) is 11.9 Å². The van der Waals surface area contributed by atoms with Gasteiger partial charge in [0.25, 0.3) is 5.91 Å². The van der Waals surface area contributed by atoms with Crippen molar-refractivity contribution in [3.63, 3.8) is 0 Å². The maximum Gasteiger partial charge on any atom is 0.339 e. The monoisotopic (exact) mass is 322 g/mol. The lowest BCUT2D eigenvalue weighted by Crippen LogP contribution is -2.25. The molecule has 120 valence electrons. The summed E-state index contributed by atoms with van der Waals surface area (Å²) in [5.41, 5.74) is 0.862. The zero-order chi connectivity index (χ0) is 16.9. The van der Waals surface area contributed by atoms with Crippen LogP contribution in [-0.2, 0) is 9.53 Å². The minimum Gasteiger partial charge on any atom is -0.619 e. The molecule has 0 aliphatic heterocycles. The molecule has 3 rings (SSSR count). The number of rotatable bonds is 4. The van der Waals surface area contributed by atoms with Crippen LogP contribution in [0.15, 0.2) is 67.0 Å². The van der Waals surface area contributed by atoms with Gasteiger partial charge in [-0.05, 0) is 11.5 Å². The van der Waals surface area contributed by atoms with Gasteiger partial charge in [-0.1, -0.05) is 36.4 Å². The molecule has 6 heteroatoms. The van der Waals surface area contributed by atoms with Gasteiger partial charge >= 0.3 is 5.97 Å². The van der Waals surface area contributed by atoms with Gasteiger partial charge in [0.15, 0.2) is 19.0 Å². The smallest absolute Gasteiger partial charge is 0.339 e. The van der Waals surface area contributed by atoms with E-state index in [-0.39, 0.29) is 5.56 Å². The highest BCUT2D eigenvalue weighted by atomic mass is 16.5. The average molecular weight is 322 g/mol. The van der Waals surface area contributed by atoms with E-state index in [1.54, 1.807) is 6.07 Å². The number of carbonyl (C=O) groups excluding carboxylic acids is 2. The average Bonchev–Trinajstić information content (AvgIpc) is 2.61. The number of aromatic nitrogens is 1. The van der Waals surface area contributed by atoms with E-state index in [1.807, 2.05) is 36.4 Å². The number of fused-ring (bicyclic) bond motifs is 1. The van der Waals surface area contributed by atoms with E-state index in [1.165, 1.54) is 24.5 Å². The first-order valence-electron chi connectivity index (χ1n) is 7.27. The number of nitrogens with zero attached hydrogens (tertiary/aromatic N) is 1. The van der Waals surface area contributed by atoms with Crippen LogP contribution in [0.3, 0.4) is 0 Å². The lowest BCUT2D eigenvalue weighted by atomic mass is 10.1. The number of anilines is 1. The molecule has 0 aliphatic carbocycles. The Morgan fingerprint density at radius 2 is 1.71 bits per heavy atom. The fraction of sp³-hybridized carbons (Fsp3) is 0.0556. The Bertz CT molecular complexity index is 886. The largest absolute Gasteiger partial charge is 0.619 e. The molecule has 6 nitrogen and oxygen atoms in total. The lowest BCUT2D eigenvalue weighted by Gasteiger charge is -2.09. The predicted octanol–water partition coefficient (Wildman–Crippen LogP) is 2.27. The van der Waals surface area contributed by atoms with E-state index < -0.39 is 18.5 Å². The fourth-order valence-electron chi connectivity index (χ4n) is 2.28. The first-order chi connectivity index (χ1) is 11.6. The highest BCUT2D eigenvalue weighted by molar-refractivity contribution is 6.03. The fourth-order valence-corrected chi connectivity index (χ4v) is 2.28. The van der Waals surface area contributed by atoms with Crippen molar-refractivity contribution in [2.24, 2.45) is 0 Å². The van der Waals surface area contributed by atoms with Gasteiger partial charge in [0.05, 0.1) is 5.56 Å². The zero-order valence-corrected chi connectivity index (χ0v) is 12.6. The molecule has 1 N–H and O–H groups in total. The highest BCUT2D eigenvalue weighted by Gasteiger charge is 2.12. The second-order valence-electron chi connectivity index (χ2n) is 5.10. The molecular weight excluding hydrogens is 308 g/mol. The van der Waals surface area contributed by atoms with Gasteiger partial charge in [0, 0.05) is 23.2 Å². The van der Waals surface area contributed by atoms with Crippen LogP contribution < -0.4 is 10.0 Å². The van der Waals surface area contributed by atoms with Crippen LogP contribution in [0.1, 0.15) is 10.4 Å². The summed E-state index contributed by atoms with van der Waals surface area (Å²) in [5.74, 6) is -1.10. The van der Waals surface area contributed by atoms with Crippen LogP contribution in [0.4, 0.5) is 5.69 Å². The van der Waals surface area contributed by atoms with Crippen molar-refractivity contribution in [1.82, 2.24) is 0 Å². The number of carbonyl (C=O) groups is 2. The number of benzene rings is 2. The Morgan fingerprint density at radius 1 is 1.00 bits per heavy atom. The number of ether oxygens (including phenoxy) is 1. The number of nitrogens with one attached hydrogen (secondary N) is 1. The molecule has 0 radical (unpaired) electrons. The Labute approximate surface area is 137 Å².